The molecule has 1 heterocycles. The van der Waals surface area contributed by atoms with Crippen molar-refractivity contribution in [3.05, 3.63) is 29.8 Å². The van der Waals surface area contributed by atoms with E-state index >= 15 is 0 Å². The topological polar surface area (TPSA) is 78.0 Å². The van der Waals surface area contributed by atoms with Gasteiger partial charge in [0.05, 0.1) is 12.4 Å². The van der Waals surface area contributed by atoms with Gasteiger partial charge in [0.2, 0.25) is 5.96 Å². The zero-order chi connectivity index (χ0) is 16.7. The zero-order valence-electron chi connectivity index (χ0n) is 14.3. The Morgan fingerprint density at radius 1 is 1.39 bits per heavy atom. The van der Waals surface area contributed by atoms with Gasteiger partial charge in [-0.05, 0) is 37.0 Å². The van der Waals surface area contributed by atoms with Crippen molar-refractivity contribution in [2.24, 2.45) is 15.9 Å². The molecule has 0 saturated carbocycles. The largest absolute Gasteiger partial charge is 0.361 e. The minimum Gasteiger partial charge on any atom is -0.361 e. The van der Waals surface area contributed by atoms with E-state index in [1.54, 1.807) is 0 Å². The Morgan fingerprint density at radius 2 is 2.13 bits per heavy atom. The minimum absolute atomic E-state index is 0.416. The van der Waals surface area contributed by atoms with Crippen LogP contribution in [-0.4, -0.2) is 42.9 Å². The third kappa shape index (κ3) is 5.47. The molecule has 1 aromatic carbocycles. The monoisotopic (exact) mass is 316 g/mol. The number of nitrogens with one attached hydrogen (secondary N) is 2. The molecule has 6 nitrogen and oxygen atoms in total. The van der Waals surface area contributed by atoms with Gasteiger partial charge >= 0.3 is 0 Å². The molecular weight excluding hydrogens is 288 g/mol. The second-order valence-electron chi connectivity index (χ2n) is 6.27. The lowest BCUT2D eigenvalue weighted by Crippen LogP contribution is -2.34. The minimum atomic E-state index is 0.416. The summed E-state index contributed by atoms with van der Waals surface area (Å²) >= 11 is 0. The average Bonchev–Trinajstić information content (AvgIpc) is 2.96. The predicted octanol–water partition coefficient (Wildman–Crippen LogP) is 2.16. The molecule has 0 saturated heterocycles. The third-order valence-electron chi connectivity index (χ3n) is 3.87. The molecule has 0 spiro atoms. The fourth-order valence-corrected chi connectivity index (χ4v) is 2.49. The molecule has 1 aliphatic rings. The number of nitrogens with two attached hydrogens (primary N) is 1. The lowest BCUT2D eigenvalue weighted by Gasteiger charge is -2.16. The van der Waals surface area contributed by atoms with Crippen LogP contribution in [0.4, 0.5) is 5.69 Å². The SMILES string of the molecule is CC1CN(CCCN/C(=N\N)Nc2ccc(C(C)C)cc2)C=N1. The summed E-state index contributed by atoms with van der Waals surface area (Å²) in [5.74, 6) is 6.57. The van der Waals surface area contributed by atoms with Crippen molar-refractivity contribution in [1.29, 1.82) is 0 Å². The Labute approximate surface area is 138 Å². The van der Waals surface area contributed by atoms with Crippen molar-refractivity contribution >= 4 is 18.0 Å². The molecule has 4 N–H and O–H groups in total. The molecule has 6 heteroatoms. The number of hydrogen-bond donors (Lipinski definition) is 3. The summed E-state index contributed by atoms with van der Waals surface area (Å²) in [5.41, 5.74) is 2.29. The number of rotatable bonds is 6. The molecule has 1 unspecified atom stereocenters. The maximum atomic E-state index is 5.45. The van der Waals surface area contributed by atoms with Gasteiger partial charge in [-0.2, -0.15) is 0 Å². The maximum Gasteiger partial charge on any atom is 0.217 e. The Morgan fingerprint density at radius 3 is 2.70 bits per heavy atom. The van der Waals surface area contributed by atoms with Gasteiger partial charge < -0.3 is 21.4 Å². The highest BCUT2D eigenvalue weighted by atomic mass is 15.3. The van der Waals surface area contributed by atoms with Crippen LogP contribution < -0.4 is 16.5 Å². The van der Waals surface area contributed by atoms with Crippen LogP contribution in [0.5, 0.6) is 0 Å². The Hall–Kier alpha value is -2.24. The second kappa shape index (κ2) is 8.41. The summed E-state index contributed by atoms with van der Waals surface area (Å²) in [7, 11) is 0. The van der Waals surface area contributed by atoms with E-state index in [-0.39, 0.29) is 0 Å². The van der Waals surface area contributed by atoms with Crippen molar-refractivity contribution in [2.45, 2.75) is 39.2 Å². The van der Waals surface area contributed by atoms with E-state index in [1.807, 2.05) is 18.5 Å². The normalized spacial score (nSPS) is 17.8. The van der Waals surface area contributed by atoms with Crippen LogP contribution in [-0.2, 0) is 0 Å². The standard InChI is InChI=1S/C17H28N6/c1-13(2)15-5-7-16(8-6-15)21-17(22-18)19-9-4-10-23-11-14(3)20-12-23/h5-8,12-14H,4,9-11,18H2,1-3H3,(H2,19,21,22). The van der Waals surface area contributed by atoms with Crippen LogP contribution in [0.25, 0.3) is 0 Å². The summed E-state index contributed by atoms with van der Waals surface area (Å²) in [6, 6.07) is 8.75. The fourth-order valence-electron chi connectivity index (χ4n) is 2.49. The van der Waals surface area contributed by atoms with Crippen LogP contribution >= 0.6 is 0 Å². The van der Waals surface area contributed by atoms with E-state index in [1.165, 1.54) is 5.56 Å². The number of anilines is 1. The first kappa shape index (κ1) is 17.1. The van der Waals surface area contributed by atoms with Crippen molar-refractivity contribution < 1.29 is 0 Å². The maximum absolute atomic E-state index is 5.45. The highest BCUT2D eigenvalue weighted by Gasteiger charge is 2.11. The molecule has 1 atom stereocenters. The molecule has 0 bridgehead atoms. The van der Waals surface area contributed by atoms with E-state index in [0.29, 0.717) is 17.9 Å². The third-order valence-corrected chi connectivity index (χ3v) is 3.87. The van der Waals surface area contributed by atoms with E-state index in [2.05, 4.69) is 58.5 Å². The summed E-state index contributed by atoms with van der Waals surface area (Å²) in [6.07, 6.45) is 2.95. The highest BCUT2D eigenvalue weighted by Crippen LogP contribution is 2.16. The van der Waals surface area contributed by atoms with Crippen molar-refractivity contribution in [3.63, 3.8) is 0 Å². The Kier molecular flexibility index (Phi) is 6.26. The van der Waals surface area contributed by atoms with E-state index in [9.17, 15) is 0 Å². The first-order valence-electron chi connectivity index (χ1n) is 8.24. The first-order chi connectivity index (χ1) is 11.1. The molecule has 0 aliphatic carbocycles. The molecular formula is C17H28N6. The van der Waals surface area contributed by atoms with Crippen molar-refractivity contribution in [1.82, 2.24) is 10.2 Å². The van der Waals surface area contributed by atoms with Crippen LogP contribution in [0.2, 0.25) is 0 Å². The summed E-state index contributed by atoms with van der Waals surface area (Å²) < 4.78 is 0. The summed E-state index contributed by atoms with van der Waals surface area (Å²) in [6.45, 7) is 9.31. The summed E-state index contributed by atoms with van der Waals surface area (Å²) in [5, 5.41) is 10.2. The number of hydrazone groups is 1. The lowest BCUT2D eigenvalue weighted by atomic mass is 10.0. The number of nitrogens with zero attached hydrogens (tertiary/aromatic N) is 3. The number of hydrogen-bond acceptors (Lipinski definition) is 4. The molecule has 1 aliphatic heterocycles. The van der Waals surface area contributed by atoms with Crippen LogP contribution in [0.15, 0.2) is 34.4 Å². The molecule has 0 radical (unpaired) electrons. The first-order valence-corrected chi connectivity index (χ1v) is 8.24. The molecule has 2 rings (SSSR count). The molecule has 1 aromatic rings. The summed E-state index contributed by atoms with van der Waals surface area (Å²) in [4.78, 5) is 6.59. The van der Waals surface area contributed by atoms with E-state index in [0.717, 1.165) is 31.7 Å². The molecule has 126 valence electrons. The van der Waals surface area contributed by atoms with Gasteiger partial charge in [-0.25, -0.2) is 0 Å². The van der Waals surface area contributed by atoms with E-state index in [4.69, 9.17) is 5.84 Å². The van der Waals surface area contributed by atoms with Crippen LogP contribution in [0.3, 0.4) is 0 Å². The van der Waals surface area contributed by atoms with E-state index < -0.39 is 0 Å². The van der Waals surface area contributed by atoms with Gasteiger partial charge in [0, 0.05) is 25.3 Å². The lowest BCUT2D eigenvalue weighted by molar-refractivity contribution is 0.429. The zero-order valence-corrected chi connectivity index (χ0v) is 14.3. The highest BCUT2D eigenvalue weighted by molar-refractivity contribution is 5.93. The molecule has 23 heavy (non-hydrogen) atoms. The second-order valence-corrected chi connectivity index (χ2v) is 6.27. The number of guanidine groups is 1. The van der Waals surface area contributed by atoms with Crippen molar-refractivity contribution in [3.8, 4) is 0 Å². The van der Waals surface area contributed by atoms with Gasteiger partial charge in [0.15, 0.2) is 0 Å². The van der Waals surface area contributed by atoms with Crippen LogP contribution in [0, 0.1) is 0 Å². The predicted molar refractivity (Wildman–Crippen MR) is 97.9 cm³/mol. The van der Waals surface area contributed by atoms with Gasteiger partial charge in [-0.3, -0.25) is 4.99 Å². The van der Waals surface area contributed by atoms with Gasteiger partial charge in [0.25, 0.3) is 0 Å². The van der Waals surface area contributed by atoms with Crippen LogP contribution in [0.1, 0.15) is 38.7 Å². The smallest absolute Gasteiger partial charge is 0.217 e. The van der Waals surface area contributed by atoms with Gasteiger partial charge in [-0.15, -0.1) is 5.10 Å². The molecule has 0 fully saturated rings. The fraction of sp³-hybridized carbons (Fsp3) is 0.529. The average molecular weight is 316 g/mol. The number of benzene rings is 1. The molecule has 0 aromatic heterocycles. The number of aliphatic imine (C=N–C) groups is 1. The Balaban J connectivity index is 1.72. The van der Waals surface area contributed by atoms with Crippen molar-refractivity contribution in [2.75, 3.05) is 25.0 Å². The van der Waals surface area contributed by atoms with Gasteiger partial charge in [0.1, 0.15) is 0 Å². The Bertz CT molecular complexity index is 535. The molecule has 0 amide bonds. The van der Waals surface area contributed by atoms with Gasteiger partial charge in [-0.1, -0.05) is 26.0 Å². The quantitative estimate of drug-likeness (QED) is 0.247.